The number of sulfonamides is 1. The second-order valence-electron chi connectivity index (χ2n) is 5.92. The Labute approximate surface area is 153 Å². The van der Waals surface area contributed by atoms with E-state index in [0.29, 0.717) is 24.2 Å². The molecule has 2 aromatic rings. The van der Waals surface area contributed by atoms with Crippen LogP contribution in [0.3, 0.4) is 0 Å². The van der Waals surface area contributed by atoms with Crippen molar-refractivity contribution >= 4 is 21.6 Å². The van der Waals surface area contributed by atoms with E-state index in [-0.39, 0.29) is 16.5 Å². The summed E-state index contributed by atoms with van der Waals surface area (Å²) in [6, 6.07) is 9.39. The Morgan fingerprint density at radius 3 is 2.42 bits per heavy atom. The topological polar surface area (TPSA) is 78.5 Å². The summed E-state index contributed by atoms with van der Waals surface area (Å²) < 4.78 is 40.5. The van der Waals surface area contributed by atoms with Crippen LogP contribution in [0, 0.1) is 12.7 Å². The maximum absolute atomic E-state index is 13.0. The van der Waals surface area contributed by atoms with E-state index in [4.69, 9.17) is 0 Å². The summed E-state index contributed by atoms with van der Waals surface area (Å²) in [5.41, 5.74) is 1.25. The lowest BCUT2D eigenvalue weighted by molar-refractivity contribution is 0.0796. The highest BCUT2D eigenvalue weighted by molar-refractivity contribution is 7.92. The third-order valence-electron chi connectivity index (χ3n) is 3.89. The second kappa shape index (κ2) is 8.29. The van der Waals surface area contributed by atoms with Crippen molar-refractivity contribution in [2.24, 2.45) is 0 Å². The van der Waals surface area contributed by atoms with Gasteiger partial charge in [-0.1, -0.05) is 6.07 Å². The zero-order valence-electron chi connectivity index (χ0n) is 14.9. The number of aryl methyl sites for hydroxylation is 1. The predicted molar refractivity (Wildman–Crippen MR) is 99.3 cm³/mol. The van der Waals surface area contributed by atoms with E-state index in [1.54, 1.807) is 27.1 Å². The number of carbonyl (C=O) groups excluding carboxylic acids is 1. The van der Waals surface area contributed by atoms with Crippen molar-refractivity contribution in [3.05, 3.63) is 59.4 Å². The highest BCUT2D eigenvalue weighted by Crippen LogP contribution is 2.20. The van der Waals surface area contributed by atoms with E-state index in [9.17, 15) is 17.6 Å². The molecule has 8 heteroatoms. The maximum atomic E-state index is 13.0. The monoisotopic (exact) mass is 379 g/mol. The molecular weight excluding hydrogens is 357 g/mol. The number of hydrogen-bond acceptors (Lipinski definition) is 4. The Kier molecular flexibility index (Phi) is 6.33. The normalized spacial score (nSPS) is 11.2. The van der Waals surface area contributed by atoms with E-state index in [1.807, 2.05) is 0 Å². The molecule has 0 saturated heterocycles. The number of halogens is 1. The molecule has 0 atom stereocenters. The second-order valence-corrected chi connectivity index (χ2v) is 7.60. The van der Waals surface area contributed by atoms with Gasteiger partial charge in [0.25, 0.3) is 15.9 Å². The van der Waals surface area contributed by atoms with E-state index >= 15 is 0 Å². The average Bonchev–Trinajstić information content (AvgIpc) is 2.61. The third-order valence-corrected chi connectivity index (χ3v) is 5.27. The smallest absolute Gasteiger partial charge is 0.261 e. The van der Waals surface area contributed by atoms with Crippen LogP contribution in [-0.4, -0.2) is 46.4 Å². The van der Waals surface area contributed by atoms with Crippen LogP contribution in [0.5, 0.6) is 0 Å². The fourth-order valence-corrected chi connectivity index (χ4v) is 3.40. The Hall–Kier alpha value is -2.45. The molecule has 2 rings (SSSR count). The van der Waals surface area contributed by atoms with Crippen LogP contribution < -0.4 is 10.0 Å². The summed E-state index contributed by atoms with van der Waals surface area (Å²) in [4.78, 5) is 14.1. The molecule has 2 N–H and O–H groups in total. The molecule has 0 unspecified atom stereocenters. The van der Waals surface area contributed by atoms with Gasteiger partial charge in [0.1, 0.15) is 5.82 Å². The van der Waals surface area contributed by atoms with Crippen molar-refractivity contribution in [2.75, 3.05) is 31.9 Å². The van der Waals surface area contributed by atoms with Gasteiger partial charge < -0.3 is 10.2 Å². The summed E-state index contributed by atoms with van der Waals surface area (Å²) in [5, 5.41) is 2.96. The van der Waals surface area contributed by atoms with E-state index in [2.05, 4.69) is 10.0 Å². The molecule has 6 nitrogen and oxygen atoms in total. The van der Waals surface area contributed by atoms with Gasteiger partial charge in [-0.3, -0.25) is 9.52 Å². The molecule has 0 aliphatic carbocycles. The van der Waals surface area contributed by atoms with Crippen molar-refractivity contribution in [2.45, 2.75) is 11.8 Å². The van der Waals surface area contributed by atoms with Gasteiger partial charge in [-0.25, -0.2) is 12.8 Å². The fraction of sp³-hybridized carbons (Fsp3) is 0.278. The van der Waals surface area contributed by atoms with E-state index in [1.165, 1.54) is 41.3 Å². The summed E-state index contributed by atoms with van der Waals surface area (Å²) in [7, 11) is -0.444. The number of amides is 1. The average molecular weight is 379 g/mol. The molecule has 140 valence electrons. The van der Waals surface area contributed by atoms with Gasteiger partial charge in [0.15, 0.2) is 0 Å². The molecule has 0 aromatic heterocycles. The van der Waals surface area contributed by atoms with E-state index < -0.39 is 15.8 Å². The molecule has 0 heterocycles. The predicted octanol–water partition coefficient (Wildman–Crippen LogP) is 2.23. The summed E-state index contributed by atoms with van der Waals surface area (Å²) in [6.07, 6.45) is 0. The molecular formula is C18H22FN3O3S. The molecule has 0 fully saturated rings. The van der Waals surface area contributed by atoms with Crippen LogP contribution in [0.1, 0.15) is 15.9 Å². The third kappa shape index (κ3) is 4.80. The first-order chi connectivity index (χ1) is 12.2. The van der Waals surface area contributed by atoms with Gasteiger partial charge in [-0.15, -0.1) is 0 Å². The zero-order chi connectivity index (χ0) is 19.3. The molecule has 0 aliphatic rings. The Bertz CT molecular complexity index is 883. The molecule has 1 amide bonds. The van der Waals surface area contributed by atoms with Crippen molar-refractivity contribution in [3.8, 4) is 0 Å². The zero-order valence-corrected chi connectivity index (χ0v) is 15.7. The largest absolute Gasteiger partial charge is 0.340 e. The lowest BCUT2D eigenvalue weighted by Crippen LogP contribution is -2.33. The number of carbonyl (C=O) groups is 1. The minimum absolute atomic E-state index is 0.0298. The lowest BCUT2D eigenvalue weighted by atomic mass is 10.1. The van der Waals surface area contributed by atoms with Gasteiger partial charge >= 0.3 is 0 Å². The van der Waals surface area contributed by atoms with Crippen LogP contribution in [0.2, 0.25) is 0 Å². The molecule has 26 heavy (non-hydrogen) atoms. The van der Waals surface area contributed by atoms with Crippen LogP contribution in [-0.2, 0) is 10.0 Å². The molecule has 2 aromatic carbocycles. The molecule has 0 bridgehead atoms. The fourth-order valence-electron chi connectivity index (χ4n) is 2.32. The summed E-state index contributed by atoms with van der Waals surface area (Å²) >= 11 is 0. The van der Waals surface area contributed by atoms with Crippen molar-refractivity contribution in [1.29, 1.82) is 0 Å². The van der Waals surface area contributed by atoms with Crippen LogP contribution in [0.15, 0.2) is 47.4 Å². The minimum atomic E-state index is -3.90. The van der Waals surface area contributed by atoms with Crippen molar-refractivity contribution in [3.63, 3.8) is 0 Å². The number of hydrogen-bond donors (Lipinski definition) is 2. The Morgan fingerprint density at radius 1 is 1.15 bits per heavy atom. The van der Waals surface area contributed by atoms with Crippen molar-refractivity contribution < 1.29 is 17.6 Å². The molecule has 0 saturated carbocycles. The first kappa shape index (κ1) is 19.9. The maximum Gasteiger partial charge on any atom is 0.261 e. The molecule has 0 spiro atoms. The number of anilines is 1. The standard InChI is InChI=1S/C18H22FN3O3S/c1-13-4-9-16(12-17(13)18(23)22(3)11-10-20-2)26(24,25)21-15-7-5-14(19)6-8-15/h4-9,12,20-21H,10-11H2,1-3H3. The quantitative estimate of drug-likeness (QED) is 0.773. The van der Waals surface area contributed by atoms with Crippen molar-refractivity contribution in [1.82, 2.24) is 10.2 Å². The Balaban J connectivity index is 2.29. The van der Waals surface area contributed by atoms with Crippen LogP contribution in [0.25, 0.3) is 0 Å². The van der Waals surface area contributed by atoms with E-state index in [0.717, 1.165) is 0 Å². The van der Waals surface area contributed by atoms with Gasteiger partial charge in [-0.05, 0) is 55.9 Å². The molecule has 0 radical (unpaired) electrons. The summed E-state index contributed by atoms with van der Waals surface area (Å²) in [6.45, 7) is 2.88. The summed E-state index contributed by atoms with van der Waals surface area (Å²) in [5.74, 6) is -0.711. The number of rotatable bonds is 7. The molecule has 0 aliphatic heterocycles. The highest BCUT2D eigenvalue weighted by Gasteiger charge is 2.20. The van der Waals surface area contributed by atoms with Gasteiger partial charge in [0.05, 0.1) is 4.90 Å². The Morgan fingerprint density at radius 2 is 1.81 bits per heavy atom. The highest BCUT2D eigenvalue weighted by atomic mass is 32.2. The first-order valence-corrected chi connectivity index (χ1v) is 9.52. The SMILES string of the molecule is CNCCN(C)C(=O)c1cc(S(=O)(=O)Nc2ccc(F)cc2)ccc1C. The number of nitrogens with zero attached hydrogens (tertiary/aromatic N) is 1. The van der Waals surface area contributed by atoms with Gasteiger partial charge in [-0.2, -0.15) is 0 Å². The lowest BCUT2D eigenvalue weighted by Gasteiger charge is -2.19. The number of likely N-dealkylation sites (N-methyl/N-ethyl adjacent to an activating group) is 2. The number of benzene rings is 2. The van der Waals surface area contributed by atoms with Crippen LogP contribution >= 0.6 is 0 Å². The van der Waals surface area contributed by atoms with Gasteiger partial charge in [0.2, 0.25) is 0 Å². The van der Waals surface area contributed by atoms with Gasteiger partial charge in [0, 0.05) is 31.4 Å². The van der Waals surface area contributed by atoms with Crippen LogP contribution in [0.4, 0.5) is 10.1 Å². The minimum Gasteiger partial charge on any atom is -0.340 e. The number of nitrogens with one attached hydrogen (secondary N) is 2. The first-order valence-electron chi connectivity index (χ1n) is 8.03.